The van der Waals surface area contributed by atoms with Gasteiger partial charge in [-0.15, -0.1) is 11.3 Å². The molecule has 0 spiro atoms. The van der Waals surface area contributed by atoms with Crippen molar-refractivity contribution < 1.29 is 4.74 Å². The fourth-order valence-corrected chi connectivity index (χ4v) is 3.96. The van der Waals surface area contributed by atoms with E-state index in [2.05, 4.69) is 32.0 Å². The van der Waals surface area contributed by atoms with Crippen molar-refractivity contribution in [3.8, 4) is 0 Å². The van der Waals surface area contributed by atoms with Crippen molar-refractivity contribution in [2.75, 3.05) is 5.73 Å². The number of thiophene rings is 1. The summed E-state index contributed by atoms with van der Waals surface area (Å²) >= 11 is 1.51. The van der Waals surface area contributed by atoms with Crippen molar-refractivity contribution >= 4 is 38.8 Å². The summed E-state index contributed by atoms with van der Waals surface area (Å²) in [5, 5.41) is 0.994. The highest BCUT2D eigenvalue weighted by Gasteiger charge is 2.18. The van der Waals surface area contributed by atoms with Crippen molar-refractivity contribution in [2.45, 2.75) is 27.7 Å². The third-order valence-corrected chi connectivity index (χ3v) is 5.66. The van der Waals surface area contributed by atoms with Crippen LogP contribution in [0, 0.1) is 27.7 Å². The highest BCUT2D eigenvalue weighted by Crippen LogP contribution is 2.40. The second kappa shape index (κ2) is 6.37. The van der Waals surface area contributed by atoms with Crippen molar-refractivity contribution in [1.29, 1.82) is 0 Å². The highest BCUT2D eigenvalue weighted by molar-refractivity contribution is 7.20. The molecule has 2 aromatic heterocycles. The van der Waals surface area contributed by atoms with E-state index >= 15 is 0 Å². The summed E-state index contributed by atoms with van der Waals surface area (Å²) in [5.74, 6) is 1.06. The van der Waals surface area contributed by atoms with Gasteiger partial charge in [0, 0.05) is 16.6 Å². The Kier molecular flexibility index (Phi) is 4.39. The lowest BCUT2D eigenvalue weighted by atomic mass is 10.1. The van der Waals surface area contributed by atoms with Crippen LogP contribution in [0.15, 0.2) is 37.4 Å². The van der Waals surface area contributed by atoms with E-state index in [1.165, 1.54) is 16.9 Å². The maximum Gasteiger partial charge on any atom is 0.139 e. The van der Waals surface area contributed by atoms with Gasteiger partial charge in [-0.1, -0.05) is 36.9 Å². The molecule has 0 atom stereocenters. The van der Waals surface area contributed by atoms with E-state index in [0.717, 1.165) is 37.5 Å². The van der Waals surface area contributed by atoms with Gasteiger partial charge in [0.05, 0.1) is 10.6 Å². The predicted octanol–water partition coefficient (Wildman–Crippen LogP) is 5.77. The van der Waals surface area contributed by atoms with Crippen molar-refractivity contribution in [2.24, 2.45) is 0 Å². The Morgan fingerprint density at radius 2 is 1.80 bits per heavy atom. The van der Waals surface area contributed by atoms with E-state index in [1.807, 2.05) is 38.1 Å². The molecule has 0 bridgehead atoms. The highest BCUT2D eigenvalue weighted by atomic mass is 32.1. The molecule has 0 unspecified atom stereocenters. The van der Waals surface area contributed by atoms with Crippen molar-refractivity contribution in [3.05, 3.63) is 70.2 Å². The van der Waals surface area contributed by atoms with Crippen LogP contribution in [0.25, 0.3) is 21.7 Å². The van der Waals surface area contributed by atoms with Gasteiger partial charge < -0.3 is 10.5 Å². The van der Waals surface area contributed by atoms with Gasteiger partial charge in [-0.2, -0.15) is 0 Å². The second-order valence-electron chi connectivity index (χ2n) is 6.29. The Hall–Kier alpha value is -2.59. The number of nitrogen functional groups attached to an aromatic ring is 1. The predicted molar refractivity (Wildman–Crippen MR) is 109 cm³/mol. The van der Waals surface area contributed by atoms with E-state index in [9.17, 15) is 0 Å². The summed E-state index contributed by atoms with van der Waals surface area (Å²) in [6.45, 7) is 16.3. The standard InChI is InChI=1S/C21H22N2OS/c1-11-8-7-9-17(10-11)15(5)24-16(6)20-19(22)18-13(3)12(2)14(4)23-21(18)25-20/h7-10H,5-6,22H2,1-4H3. The van der Waals surface area contributed by atoms with Gasteiger partial charge in [0.1, 0.15) is 16.3 Å². The van der Waals surface area contributed by atoms with E-state index in [1.54, 1.807) is 0 Å². The minimum atomic E-state index is 0.502. The number of aromatic nitrogens is 1. The molecule has 3 nitrogen and oxygen atoms in total. The summed E-state index contributed by atoms with van der Waals surface area (Å²) in [7, 11) is 0. The molecule has 0 radical (unpaired) electrons. The lowest BCUT2D eigenvalue weighted by molar-refractivity contribution is 0.476. The Morgan fingerprint density at radius 1 is 1.08 bits per heavy atom. The van der Waals surface area contributed by atoms with Gasteiger partial charge in [0.25, 0.3) is 0 Å². The third kappa shape index (κ3) is 3.05. The minimum Gasteiger partial charge on any atom is -0.456 e. The van der Waals surface area contributed by atoms with Crippen LogP contribution < -0.4 is 5.73 Å². The van der Waals surface area contributed by atoms with Gasteiger partial charge in [-0.25, -0.2) is 4.98 Å². The first-order valence-electron chi connectivity index (χ1n) is 8.08. The van der Waals surface area contributed by atoms with E-state index in [0.29, 0.717) is 17.2 Å². The summed E-state index contributed by atoms with van der Waals surface area (Å²) in [5.41, 5.74) is 12.5. The molecule has 128 valence electrons. The van der Waals surface area contributed by atoms with E-state index in [4.69, 9.17) is 10.5 Å². The first-order chi connectivity index (χ1) is 11.8. The van der Waals surface area contributed by atoms with Crippen LogP contribution in [-0.2, 0) is 4.74 Å². The molecule has 0 aliphatic rings. The lowest BCUT2D eigenvalue weighted by Gasteiger charge is -2.11. The average molecular weight is 350 g/mol. The molecular formula is C21H22N2OS. The van der Waals surface area contributed by atoms with Crippen molar-refractivity contribution in [3.63, 3.8) is 0 Å². The monoisotopic (exact) mass is 350 g/mol. The molecule has 3 rings (SSSR count). The van der Waals surface area contributed by atoms with Crippen LogP contribution in [-0.4, -0.2) is 4.98 Å². The van der Waals surface area contributed by atoms with Crippen LogP contribution >= 0.6 is 11.3 Å². The third-order valence-electron chi connectivity index (χ3n) is 4.52. The van der Waals surface area contributed by atoms with Crippen LogP contribution in [0.4, 0.5) is 5.69 Å². The Labute approximate surface area is 152 Å². The largest absolute Gasteiger partial charge is 0.456 e. The molecule has 0 aliphatic carbocycles. The van der Waals surface area contributed by atoms with Gasteiger partial charge in [0.2, 0.25) is 0 Å². The number of hydrogen-bond acceptors (Lipinski definition) is 4. The number of rotatable bonds is 4. The summed E-state index contributed by atoms with van der Waals surface area (Å²) in [4.78, 5) is 6.39. The normalized spacial score (nSPS) is 10.9. The number of ether oxygens (including phenoxy) is 1. The fraction of sp³-hybridized carbons (Fsp3) is 0.190. The molecule has 2 heterocycles. The molecule has 3 aromatic rings. The zero-order chi connectivity index (χ0) is 18.3. The molecule has 1 aromatic carbocycles. The number of nitrogens with two attached hydrogens (primary N) is 1. The van der Waals surface area contributed by atoms with E-state index in [-0.39, 0.29) is 0 Å². The number of anilines is 1. The number of pyridine rings is 1. The van der Waals surface area contributed by atoms with Crippen LogP contribution in [0.3, 0.4) is 0 Å². The average Bonchev–Trinajstić information content (AvgIpc) is 2.89. The summed E-state index contributed by atoms with van der Waals surface area (Å²) in [6.07, 6.45) is 0. The van der Waals surface area contributed by atoms with Crippen LogP contribution in [0.1, 0.15) is 32.8 Å². The molecule has 4 heteroatoms. The van der Waals surface area contributed by atoms with Crippen LogP contribution in [0.5, 0.6) is 0 Å². The maximum atomic E-state index is 6.40. The zero-order valence-electron chi connectivity index (χ0n) is 15.1. The smallest absolute Gasteiger partial charge is 0.139 e. The SMILES string of the molecule is C=C(OC(=C)c1sc2nc(C)c(C)c(C)c2c1N)c1cccc(C)c1. The molecule has 0 saturated carbocycles. The van der Waals surface area contributed by atoms with Gasteiger partial charge in [-0.05, 0) is 44.9 Å². The van der Waals surface area contributed by atoms with Crippen molar-refractivity contribution in [1.82, 2.24) is 4.98 Å². The molecule has 0 fully saturated rings. The Bertz CT molecular complexity index is 1010. The van der Waals surface area contributed by atoms with Crippen LogP contribution in [0.2, 0.25) is 0 Å². The number of hydrogen-bond donors (Lipinski definition) is 1. The number of nitrogens with zero attached hydrogens (tertiary/aromatic N) is 1. The molecule has 0 amide bonds. The number of benzene rings is 1. The summed E-state index contributed by atoms with van der Waals surface area (Å²) < 4.78 is 5.90. The first kappa shape index (κ1) is 17.2. The number of aryl methyl sites for hydroxylation is 3. The molecule has 0 aliphatic heterocycles. The quantitative estimate of drug-likeness (QED) is 0.608. The lowest BCUT2D eigenvalue weighted by Crippen LogP contribution is -1.95. The molecule has 25 heavy (non-hydrogen) atoms. The number of fused-ring (bicyclic) bond motifs is 1. The molecular weight excluding hydrogens is 328 g/mol. The zero-order valence-corrected chi connectivity index (χ0v) is 15.9. The first-order valence-corrected chi connectivity index (χ1v) is 8.90. The van der Waals surface area contributed by atoms with Gasteiger partial charge >= 0.3 is 0 Å². The Morgan fingerprint density at radius 3 is 2.48 bits per heavy atom. The second-order valence-corrected chi connectivity index (χ2v) is 7.29. The molecule has 2 N–H and O–H groups in total. The Balaban J connectivity index is 1.96. The van der Waals surface area contributed by atoms with Gasteiger partial charge in [0.15, 0.2) is 0 Å². The molecule has 0 saturated heterocycles. The van der Waals surface area contributed by atoms with E-state index < -0.39 is 0 Å². The topological polar surface area (TPSA) is 48.1 Å². The van der Waals surface area contributed by atoms with Gasteiger partial charge in [-0.3, -0.25) is 0 Å². The minimum absolute atomic E-state index is 0.502. The fourth-order valence-electron chi connectivity index (χ4n) is 2.85. The summed E-state index contributed by atoms with van der Waals surface area (Å²) in [6, 6.07) is 8.01. The maximum absolute atomic E-state index is 6.40.